The molecule has 2 aromatic heterocycles. The number of imidazole rings is 1. The Balaban J connectivity index is 2.36. The SMILES string of the molecule is CSc1nc2c(-c3ccccc3)ncc(C)c2n1C. The van der Waals surface area contributed by atoms with E-state index in [1.807, 2.05) is 30.7 Å². The summed E-state index contributed by atoms with van der Waals surface area (Å²) in [7, 11) is 2.06. The number of rotatable bonds is 2. The van der Waals surface area contributed by atoms with Gasteiger partial charge < -0.3 is 4.57 Å². The Hall–Kier alpha value is -1.81. The Morgan fingerprint density at radius 2 is 1.89 bits per heavy atom. The average Bonchev–Trinajstić information content (AvgIpc) is 2.78. The molecule has 19 heavy (non-hydrogen) atoms. The monoisotopic (exact) mass is 269 g/mol. The third-order valence-corrected chi connectivity index (χ3v) is 4.00. The molecule has 0 amide bonds. The highest BCUT2D eigenvalue weighted by molar-refractivity contribution is 7.98. The highest BCUT2D eigenvalue weighted by Crippen LogP contribution is 2.30. The predicted molar refractivity (Wildman–Crippen MR) is 80.5 cm³/mol. The van der Waals surface area contributed by atoms with Crippen molar-refractivity contribution in [1.29, 1.82) is 0 Å². The molecule has 3 nitrogen and oxygen atoms in total. The van der Waals surface area contributed by atoms with Gasteiger partial charge in [0, 0.05) is 18.8 Å². The molecule has 0 N–H and O–H groups in total. The quantitative estimate of drug-likeness (QED) is 0.665. The van der Waals surface area contributed by atoms with E-state index in [9.17, 15) is 0 Å². The lowest BCUT2D eigenvalue weighted by Crippen LogP contribution is -1.93. The summed E-state index contributed by atoms with van der Waals surface area (Å²) in [4.78, 5) is 9.31. The summed E-state index contributed by atoms with van der Waals surface area (Å²) in [6.45, 7) is 2.08. The first kappa shape index (κ1) is 12.2. The first-order valence-corrected chi connectivity index (χ1v) is 7.36. The maximum absolute atomic E-state index is 4.73. The summed E-state index contributed by atoms with van der Waals surface area (Å²) in [6.07, 6.45) is 3.97. The predicted octanol–water partition coefficient (Wildman–Crippen LogP) is 3.67. The van der Waals surface area contributed by atoms with E-state index in [-0.39, 0.29) is 0 Å². The second kappa shape index (κ2) is 4.70. The molecule has 1 aromatic carbocycles. The summed E-state index contributed by atoms with van der Waals surface area (Å²) in [5.74, 6) is 0. The van der Waals surface area contributed by atoms with Crippen molar-refractivity contribution in [2.24, 2.45) is 7.05 Å². The Morgan fingerprint density at radius 1 is 1.16 bits per heavy atom. The largest absolute Gasteiger partial charge is 0.322 e. The Kier molecular flexibility index (Phi) is 3.03. The second-order valence-electron chi connectivity index (χ2n) is 4.51. The minimum absolute atomic E-state index is 0.956. The smallest absolute Gasteiger partial charge is 0.168 e. The van der Waals surface area contributed by atoms with Gasteiger partial charge in [0.2, 0.25) is 0 Å². The van der Waals surface area contributed by atoms with Gasteiger partial charge in [-0.3, -0.25) is 4.98 Å². The fourth-order valence-corrected chi connectivity index (χ4v) is 2.92. The summed E-state index contributed by atoms with van der Waals surface area (Å²) in [6, 6.07) is 10.2. The molecule has 0 aliphatic carbocycles. The van der Waals surface area contributed by atoms with Crippen molar-refractivity contribution >= 4 is 22.8 Å². The zero-order valence-corrected chi connectivity index (χ0v) is 12.0. The van der Waals surface area contributed by atoms with E-state index in [0.717, 1.165) is 27.5 Å². The number of nitrogens with zero attached hydrogens (tertiary/aromatic N) is 3. The Morgan fingerprint density at radius 3 is 2.58 bits per heavy atom. The fourth-order valence-electron chi connectivity index (χ4n) is 2.37. The molecule has 0 atom stereocenters. The van der Waals surface area contributed by atoms with Gasteiger partial charge in [0.05, 0.1) is 11.2 Å². The van der Waals surface area contributed by atoms with Crippen molar-refractivity contribution in [2.45, 2.75) is 12.1 Å². The molecule has 4 heteroatoms. The van der Waals surface area contributed by atoms with Crippen LogP contribution in [-0.2, 0) is 7.05 Å². The molecular formula is C15H15N3S. The molecule has 0 saturated heterocycles. The van der Waals surface area contributed by atoms with E-state index >= 15 is 0 Å². The van der Waals surface area contributed by atoms with Crippen LogP contribution in [0.2, 0.25) is 0 Å². The summed E-state index contributed by atoms with van der Waals surface area (Å²) >= 11 is 1.66. The number of fused-ring (bicyclic) bond motifs is 1. The zero-order chi connectivity index (χ0) is 13.4. The van der Waals surface area contributed by atoms with Crippen molar-refractivity contribution in [3.63, 3.8) is 0 Å². The molecule has 0 bridgehead atoms. The average molecular weight is 269 g/mol. The van der Waals surface area contributed by atoms with Gasteiger partial charge >= 0.3 is 0 Å². The van der Waals surface area contributed by atoms with Crippen LogP contribution in [0.5, 0.6) is 0 Å². The van der Waals surface area contributed by atoms with Crippen molar-refractivity contribution < 1.29 is 0 Å². The molecule has 96 valence electrons. The molecule has 0 aliphatic rings. The van der Waals surface area contributed by atoms with Gasteiger partial charge in [-0.1, -0.05) is 42.1 Å². The van der Waals surface area contributed by atoms with Gasteiger partial charge in [-0.15, -0.1) is 0 Å². The van der Waals surface area contributed by atoms with Gasteiger partial charge in [0.25, 0.3) is 0 Å². The van der Waals surface area contributed by atoms with Crippen LogP contribution in [0.15, 0.2) is 41.7 Å². The molecule has 0 aliphatic heterocycles. The highest BCUT2D eigenvalue weighted by Gasteiger charge is 2.15. The number of aromatic nitrogens is 3. The van der Waals surface area contributed by atoms with Crippen molar-refractivity contribution in [3.8, 4) is 11.3 Å². The number of thioether (sulfide) groups is 1. The molecule has 3 aromatic rings. The van der Waals surface area contributed by atoms with Crippen LogP contribution < -0.4 is 0 Å². The Labute approximate surface area is 116 Å². The summed E-state index contributed by atoms with van der Waals surface area (Å²) in [5, 5.41) is 1.02. The first-order valence-electron chi connectivity index (χ1n) is 6.14. The maximum atomic E-state index is 4.73. The second-order valence-corrected chi connectivity index (χ2v) is 5.28. The molecule has 0 spiro atoms. The van der Waals surface area contributed by atoms with E-state index in [1.165, 1.54) is 5.52 Å². The van der Waals surface area contributed by atoms with Crippen LogP contribution in [-0.4, -0.2) is 20.8 Å². The van der Waals surface area contributed by atoms with E-state index in [2.05, 4.69) is 35.7 Å². The highest BCUT2D eigenvalue weighted by atomic mass is 32.2. The molecule has 0 saturated carbocycles. The summed E-state index contributed by atoms with van der Waals surface area (Å²) < 4.78 is 2.14. The van der Waals surface area contributed by atoms with Crippen LogP contribution >= 0.6 is 11.8 Å². The maximum Gasteiger partial charge on any atom is 0.168 e. The topological polar surface area (TPSA) is 30.7 Å². The van der Waals surface area contributed by atoms with Crippen molar-refractivity contribution in [2.75, 3.05) is 6.26 Å². The fraction of sp³-hybridized carbons (Fsp3) is 0.200. The van der Waals surface area contributed by atoms with Gasteiger partial charge in [-0.25, -0.2) is 4.98 Å². The van der Waals surface area contributed by atoms with Crippen LogP contribution in [0.3, 0.4) is 0 Å². The van der Waals surface area contributed by atoms with Crippen LogP contribution in [0.25, 0.3) is 22.3 Å². The minimum Gasteiger partial charge on any atom is -0.322 e. The number of hydrogen-bond acceptors (Lipinski definition) is 3. The van der Waals surface area contributed by atoms with Crippen LogP contribution in [0, 0.1) is 6.92 Å². The van der Waals surface area contributed by atoms with Gasteiger partial charge in [-0.05, 0) is 18.7 Å². The molecular weight excluding hydrogens is 254 g/mol. The third-order valence-electron chi connectivity index (χ3n) is 3.27. The van der Waals surface area contributed by atoms with E-state index in [4.69, 9.17) is 4.98 Å². The number of benzene rings is 1. The molecule has 2 heterocycles. The third kappa shape index (κ3) is 1.92. The molecule has 0 fully saturated rings. The van der Waals surface area contributed by atoms with Crippen LogP contribution in [0.1, 0.15) is 5.56 Å². The van der Waals surface area contributed by atoms with Gasteiger partial charge in [-0.2, -0.15) is 0 Å². The molecule has 3 rings (SSSR count). The normalized spacial score (nSPS) is 11.1. The lowest BCUT2D eigenvalue weighted by atomic mass is 10.1. The number of hydrogen-bond donors (Lipinski definition) is 0. The molecule has 0 unspecified atom stereocenters. The van der Waals surface area contributed by atoms with Gasteiger partial charge in [0.1, 0.15) is 5.52 Å². The van der Waals surface area contributed by atoms with E-state index in [1.54, 1.807) is 11.8 Å². The van der Waals surface area contributed by atoms with Gasteiger partial charge in [0.15, 0.2) is 5.16 Å². The summed E-state index contributed by atoms with van der Waals surface area (Å²) in [5.41, 5.74) is 5.37. The lowest BCUT2D eigenvalue weighted by molar-refractivity contribution is 0.815. The Bertz CT molecular complexity index is 732. The zero-order valence-electron chi connectivity index (χ0n) is 11.2. The number of pyridine rings is 1. The van der Waals surface area contributed by atoms with Crippen LogP contribution in [0.4, 0.5) is 0 Å². The van der Waals surface area contributed by atoms with Crippen molar-refractivity contribution in [3.05, 3.63) is 42.1 Å². The van der Waals surface area contributed by atoms with E-state index < -0.39 is 0 Å². The number of aryl methyl sites for hydroxylation is 2. The molecule has 0 radical (unpaired) electrons. The minimum atomic E-state index is 0.956. The lowest BCUT2D eigenvalue weighted by Gasteiger charge is -2.05. The standard InChI is InChI=1S/C15H15N3S/c1-10-9-16-12(11-7-5-4-6-8-11)13-14(10)18(2)15(17-13)19-3/h4-9H,1-3H3. The van der Waals surface area contributed by atoms with E-state index in [0.29, 0.717) is 0 Å². The first-order chi connectivity index (χ1) is 9.22. The van der Waals surface area contributed by atoms with Crippen molar-refractivity contribution in [1.82, 2.24) is 14.5 Å².